The van der Waals surface area contributed by atoms with Crippen LogP contribution in [0.4, 0.5) is 0 Å². The van der Waals surface area contributed by atoms with Gasteiger partial charge in [-0.05, 0) is 66.5 Å². The zero-order valence-electron chi connectivity index (χ0n) is 16.6. The van der Waals surface area contributed by atoms with Crippen molar-refractivity contribution < 1.29 is 0 Å². The average molecular weight is 380 g/mol. The van der Waals surface area contributed by atoms with Crippen LogP contribution in [0.3, 0.4) is 0 Å². The number of hydrogen-bond donors (Lipinski definition) is 1. The zero-order chi connectivity index (χ0) is 19.5. The summed E-state index contributed by atoms with van der Waals surface area (Å²) >= 11 is 0. The number of allylic oxidation sites excluding steroid dienone is 1. The standard InChI is InChI=1S/C26H25N3/c1-2-10-25-24(9-1)22(18-28-25)7-4-8-23-15-16-27-26(29-23)14-12-19-11-13-20-5-3-6-21(20)17-19/h1-3,6,9-11,13,15-18,28H,4-5,7-8,12,14H2. The van der Waals surface area contributed by atoms with Crippen molar-refractivity contribution in [2.75, 3.05) is 0 Å². The van der Waals surface area contributed by atoms with Crippen LogP contribution in [-0.2, 0) is 32.1 Å². The van der Waals surface area contributed by atoms with Crippen molar-refractivity contribution in [3.8, 4) is 0 Å². The van der Waals surface area contributed by atoms with Crippen molar-refractivity contribution in [1.29, 1.82) is 0 Å². The third-order valence-electron chi connectivity index (χ3n) is 5.80. The summed E-state index contributed by atoms with van der Waals surface area (Å²) < 4.78 is 0. The van der Waals surface area contributed by atoms with E-state index in [2.05, 4.69) is 76.8 Å². The molecule has 0 saturated carbocycles. The maximum absolute atomic E-state index is 4.81. The molecule has 0 atom stereocenters. The predicted molar refractivity (Wildman–Crippen MR) is 119 cm³/mol. The van der Waals surface area contributed by atoms with Gasteiger partial charge >= 0.3 is 0 Å². The van der Waals surface area contributed by atoms with E-state index in [1.165, 1.54) is 33.2 Å². The van der Waals surface area contributed by atoms with Gasteiger partial charge in [-0.15, -0.1) is 0 Å². The van der Waals surface area contributed by atoms with Crippen LogP contribution in [-0.4, -0.2) is 15.0 Å². The van der Waals surface area contributed by atoms with Gasteiger partial charge in [0.05, 0.1) is 0 Å². The van der Waals surface area contributed by atoms with Crippen LogP contribution in [0.25, 0.3) is 17.0 Å². The van der Waals surface area contributed by atoms with E-state index >= 15 is 0 Å². The molecule has 2 aromatic heterocycles. The van der Waals surface area contributed by atoms with Crippen LogP contribution in [0.5, 0.6) is 0 Å². The third kappa shape index (κ3) is 4.00. The van der Waals surface area contributed by atoms with E-state index in [-0.39, 0.29) is 0 Å². The second kappa shape index (κ2) is 8.04. The summed E-state index contributed by atoms with van der Waals surface area (Å²) in [4.78, 5) is 12.7. The Kier molecular flexibility index (Phi) is 4.95. The number of benzene rings is 2. The molecule has 29 heavy (non-hydrogen) atoms. The van der Waals surface area contributed by atoms with E-state index in [0.717, 1.165) is 50.0 Å². The molecule has 2 heterocycles. The van der Waals surface area contributed by atoms with Gasteiger partial charge in [0.15, 0.2) is 0 Å². The monoisotopic (exact) mass is 379 g/mol. The van der Waals surface area contributed by atoms with E-state index in [1.54, 1.807) is 0 Å². The summed E-state index contributed by atoms with van der Waals surface area (Å²) in [7, 11) is 0. The maximum atomic E-state index is 4.81. The summed E-state index contributed by atoms with van der Waals surface area (Å²) in [6, 6.07) is 17.4. The molecule has 0 amide bonds. The Labute approximate surface area is 171 Å². The lowest BCUT2D eigenvalue weighted by atomic mass is 10.0. The highest BCUT2D eigenvalue weighted by Gasteiger charge is 2.07. The number of nitrogens with one attached hydrogen (secondary N) is 1. The van der Waals surface area contributed by atoms with Crippen LogP contribution in [0.15, 0.2) is 67.0 Å². The molecule has 1 aliphatic carbocycles. The van der Waals surface area contributed by atoms with Crippen molar-refractivity contribution in [1.82, 2.24) is 15.0 Å². The normalized spacial score (nSPS) is 12.6. The topological polar surface area (TPSA) is 41.6 Å². The number of fused-ring (bicyclic) bond motifs is 2. The Balaban J connectivity index is 1.18. The first-order valence-corrected chi connectivity index (χ1v) is 10.5. The summed E-state index contributed by atoms with van der Waals surface area (Å²) in [5.41, 5.74) is 7.92. The van der Waals surface area contributed by atoms with E-state index in [9.17, 15) is 0 Å². The van der Waals surface area contributed by atoms with Gasteiger partial charge in [-0.1, -0.05) is 48.6 Å². The first-order chi connectivity index (χ1) is 14.3. The van der Waals surface area contributed by atoms with Gasteiger partial charge in [0.25, 0.3) is 0 Å². The lowest BCUT2D eigenvalue weighted by Crippen LogP contribution is -2.02. The molecule has 3 heteroatoms. The minimum absolute atomic E-state index is 0.888. The van der Waals surface area contributed by atoms with Gasteiger partial charge in [0.1, 0.15) is 5.82 Å². The summed E-state index contributed by atoms with van der Waals surface area (Å²) in [6.07, 6.45) is 14.6. The van der Waals surface area contributed by atoms with E-state index in [0.29, 0.717) is 0 Å². The molecule has 4 aromatic rings. The highest BCUT2D eigenvalue weighted by Crippen LogP contribution is 2.22. The molecule has 5 rings (SSSR count). The van der Waals surface area contributed by atoms with Crippen molar-refractivity contribution in [2.45, 2.75) is 38.5 Å². The van der Waals surface area contributed by atoms with Gasteiger partial charge in [-0.3, -0.25) is 0 Å². The SMILES string of the molecule is C1=Cc2cc(CCc3nccc(CCCc4c[nH]c5ccccc45)n3)ccc2C1. The van der Waals surface area contributed by atoms with E-state index in [1.807, 2.05) is 6.20 Å². The Morgan fingerprint density at radius 1 is 0.931 bits per heavy atom. The van der Waals surface area contributed by atoms with Crippen molar-refractivity contribution in [3.05, 3.63) is 101 Å². The number of hydrogen-bond acceptors (Lipinski definition) is 2. The van der Waals surface area contributed by atoms with Gasteiger partial charge in [-0.25, -0.2) is 9.97 Å². The smallest absolute Gasteiger partial charge is 0.128 e. The molecule has 0 saturated heterocycles. The fourth-order valence-corrected chi connectivity index (χ4v) is 4.21. The van der Waals surface area contributed by atoms with Crippen LogP contribution >= 0.6 is 0 Å². The third-order valence-corrected chi connectivity index (χ3v) is 5.80. The predicted octanol–water partition coefficient (Wildman–Crippen LogP) is 5.49. The Bertz CT molecular complexity index is 1170. The van der Waals surface area contributed by atoms with E-state index < -0.39 is 0 Å². The number of rotatable bonds is 7. The average Bonchev–Trinajstić information content (AvgIpc) is 3.39. The number of nitrogens with zero attached hydrogens (tertiary/aromatic N) is 2. The fraction of sp³-hybridized carbons (Fsp3) is 0.231. The molecule has 0 fully saturated rings. The molecular weight excluding hydrogens is 354 g/mol. The highest BCUT2D eigenvalue weighted by molar-refractivity contribution is 5.83. The number of H-pyrrole nitrogens is 1. The number of aromatic amines is 1. The van der Waals surface area contributed by atoms with Crippen LogP contribution in [0, 0.1) is 0 Å². The van der Waals surface area contributed by atoms with Crippen molar-refractivity contribution >= 4 is 17.0 Å². The second-order valence-electron chi connectivity index (χ2n) is 7.82. The van der Waals surface area contributed by atoms with Gasteiger partial charge in [0.2, 0.25) is 0 Å². The molecule has 144 valence electrons. The first-order valence-electron chi connectivity index (χ1n) is 10.5. The van der Waals surface area contributed by atoms with Crippen LogP contribution in [0.1, 0.15) is 40.2 Å². The molecule has 0 aliphatic heterocycles. The van der Waals surface area contributed by atoms with Crippen molar-refractivity contribution in [3.63, 3.8) is 0 Å². The molecule has 1 N–H and O–H groups in total. The minimum Gasteiger partial charge on any atom is -0.361 e. The van der Waals surface area contributed by atoms with Gasteiger partial charge in [-0.2, -0.15) is 0 Å². The van der Waals surface area contributed by atoms with Crippen LogP contribution < -0.4 is 0 Å². The maximum Gasteiger partial charge on any atom is 0.128 e. The Hall–Kier alpha value is -3.20. The van der Waals surface area contributed by atoms with Crippen molar-refractivity contribution in [2.24, 2.45) is 0 Å². The number of aromatic nitrogens is 3. The molecule has 0 unspecified atom stereocenters. The quantitative estimate of drug-likeness (QED) is 0.461. The lowest BCUT2D eigenvalue weighted by Gasteiger charge is -2.06. The zero-order valence-corrected chi connectivity index (χ0v) is 16.6. The molecule has 0 radical (unpaired) electrons. The summed E-state index contributed by atoms with van der Waals surface area (Å²) in [5.74, 6) is 0.950. The van der Waals surface area contributed by atoms with Crippen LogP contribution in [0.2, 0.25) is 0 Å². The molecular formula is C26H25N3. The Morgan fingerprint density at radius 3 is 2.90 bits per heavy atom. The molecule has 0 spiro atoms. The number of aryl methyl sites for hydroxylation is 4. The molecule has 2 aromatic carbocycles. The van der Waals surface area contributed by atoms with Gasteiger partial charge in [0, 0.05) is 35.4 Å². The molecule has 0 bridgehead atoms. The highest BCUT2D eigenvalue weighted by atomic mass is 14.9. The van der Waals surface area contributed by atoms with E-state index in [4.69, 9.17) is 4.98 Å². The summed E-state index contributed by atoms with van der Waals surface area (Å²) in [6.45, 7) is 0. The molecule has 1 aliphatic rings. The Morgan fingerprint density at radius 2 is 1.90 bits per heavy atom. The second-order valence-corrected chi connectivity index (χ2v) is 7.82. The number of para-hydroxylation sites is 1. The summed E-state index contributed by atoms with van der Waals surface area (Å²) in [5, 5.41) is 1.33. The fourth-order valence-electron chi connectivity index (χ4n) is 4.21. The largest absolute Gasteiger partial charge is 0.361 e. The first kappa shape index (κ1) is 17.9. The van der Waals surface area contributed by atoms with Gasteiger partial charge < -0.3 is 4.98 Å². The molecule has 3 nitrogen and oxygen atoms in total. The lowest BCUT2D eigenvalue weighted by molar-refractivity contribution is 0.771. The minimum atomic E-state index is 0.888.